The Labute approximate surface area is 91.4 Å². The Morgan fingerprint density at radius 1 is 1.53 bits per heavy atom. The van der Waals surface area contributed by atoms with Crippen LogP contribution in [0.2, 0.25) is 0 Å². The van der Waals surface area contributed by atoms with Gasteiger partial charge in [-0.25, -0.2) is 0 Å². The minimum atomic E-state index is 0.0164. The van der Waals surface area contributed by atoms with Gasteiger partial charge in [0.1, 0.15) is 0 Å². The lowest BCUT2D eigenvalue weighted by Crippen LogP contribution is -2.57. The Kier molecular flexibility index (Phi) is 3.26. The van der Waals surface area contributed by atoms with Crippen LogP contribution in [0, 0.1) is 0 Å². The van der Waals surface area contributed by atoms with E-state index in [1.807, 2.05) is 6.92 Å². The Bertz CT molecular complexity index is 240. The van der Waals surface area contributed by atoms with Crippen LogP contribution in [0.5, 0.6) is 0 Å². The second-order valence-corrected chi connectivity index (χ2v) is 4.75. The summed E-state index contributed by atoms with van der Waals surface area (Å²) in [5.74, 6) is 0.200. The minimum absolute atomic E-state index is 0.0164. The van der Waals surface area contributed by atoms with Crippen molar-refractivity contribution in [2.24, 2.45) is 0 Å². The molecule has 0 bridgehead atoms. The molecule has 2 rings (SSSR count). The van der Waals surface area contributed by atoms with E-state index in [2.05, 4.69) is 22.5 Å². The summed E-state index contributed by atoms with van der Waals surface area (Å²) in [6.07, 6.45) is 2.32. The summed E-state index contributed by atoms with van der Waals surface area (Å²) in [6.45, 7) is 7.14. The van der Waals surface area contributed by atoms with E-state index in [1.54, 1.807) is 0 Å². The van der Waals surface area contributed by atoms with Crippen molar-refractivity contribution in [3.8, 4) is 0 Å². The van der Waals surface area contributed by atoms with Gasteiger partial charge in [-0.1, -0.05) is 0 Å². The van der Waals surface area contributed by atoms with Crippen LogP contribution in [0.25, 0.3) is 0 Å². The Morgan fingerprint density at radius 2 is 2.27 bits per heavy atom. The van der Waals surface area contributed by atoms with Crippen molar-refractivity contribution in [3.63, 3.8) is 0 Å². The zero-order chi connectivity index (χ0) is 10.8. The first-order valence-corrected chi connectivity index (χ1v) is 5.95. The second kappa shape index (κ2) is 4.49. The maximum Gasteiger partial charge on any atom is 0.237 e. The average Bonchev–Trinajstić information content (AvgIpc) is 3.01. The molecule has 0 aromatic heterocycles. The lowest BCUT2D eigenvalue weighted by Gasteiger charge is -2.37. The largest absolute Gasteiger partial charge is 0.352 e. The molecular weight excluding hydrogens is 190 g/mol. The molecule has 2 N–H and O–H groups in total. The van der Waals surface area contributed by atoms with Crippen molar-refractivity contribution in [2.75, 3.05) is 19.6 Å². The molecule has 4 heteroatoms. The highest BCUT2D eigenvalue weighted by Gasteiger charge is 2.31. The van der Waals surface area contributed by atoms with Crippen molar-refractivity contribution in [1.29, 1.82) is 0 Å². The van der Waals surface area contributed by atoms with Gasteiger partial charge in [0, 0.05) is 31.7 Å². The van der Waals surface area contributed by atoms with E-state index in [9.17, 15) is 4.79 Å². The van der Waals surface area contributed by atoms with Crippen LogP contribution in [0.3, 0.4) is 0 Å². The topological polar surface area (TPSA) is 44.4 Å². The number of carbonyl (C=O) groups is 1. The summed E-state index contributed by atoms with van der Waals surface area (Å²) < 4.78 is 0. The molecule has 0 spiro atoms. The van der Waals surface area contributed by atoms with Gasteiger partial charge in [0.15, 0.2) is 0 Å². The number of rotatable bonds is 3. The van der Waals surface area contributed by atoms with E-state index in [-0.39, 0.29) is 11.9 Å². The molecule has 1 aliphatic carbocycles. The third kappa shape index (κ3) is 2.69. The highest BCUT2D eigenvalue weighted by atomic mass is 16.2. The van der Waals surface area contributed by atoms with Gasteiger partial charge in [0.25, 0.3) is 0 Å². The van der Waals surface area contributed by atoms with Gasteiger partial charge in [-0.2, -0.15) is 0 Å². The van der Waals surface area contributed by atoms with Crippen LogP contribution < -0.4 is 10.6 Å². The van der Waals surface area contributed by atoms with Gasteiger partial charge in [-0.05, 0) is 26.7 Å². The Morgan fingerprint density at radius 3 is 2.87 bits per heavy atom. The molecule has 4 nitrogen and oxygen atoms in total. The molecule has 2 aliphatic rings. The molecule has 1 heterocycles. The normalized spacial score (nSPS) is 29.9. The standard InChI is InChI=1S/C11H21N3O/c1-8-7-12-5-6-14(8)9(2)11(15)13-10-3-4-10/h8-10,12H,3-7H2,1-2H3,(H,13,15). The van der Waals surface area contributed by atoms with Crippen molar-refractivity contribution < 1.29 is 4.79 Å². The summed E-state index contributed by atoms with van der Waals surface area (Å²) in [5.41, 5.74) is 0. The first-order chi connectivity index (χ1) is 7.18. The third-order valence-corrected chi connectivity index (χ3v) is 3.35. The monoisotopic (exact) mass is 211 g/mol. The maximum absolute atomic E-state index is 11.9. The summed E-state index contributed by atoms with van der Waals surface area (Å²) >= 11 is 0. The van der Waals surface area contributed by atoms with E-state index in [0.29, 0.717) is 12.1 Å². The van der Waals surface area contributed by atoms with Gasteiger partial charge in [-0.15, -0.1) is 0 Å². The first-order valence-electron chi connectivity index (χ1n) is 5.95. The van der Waals surface area contributed by atoms with Crippen molar-refractivity contribution in [3.05, 3.63) is 0 Å². The number of piperazine rings is 1. The fraction of sp³-hybridized carbons (Fsp3) is 0.909. The molecule has 2 atom stereocenters. The number of nitrogens with zero attached hydrogens (tertiary/aromatic N) is 1. The number of hydrogen-bond donors (Lipinski definition) is 2. The minimum Gasteiger partial charge on any atom is -0.352 e. The van der Waals surface area contributed by atoms with Crippen LogP contribution in [-0.2, 0) is 4.79 Å². The van der Waals surface area contributed by atoms with Crippen LogP contribution in [0.4, 0.5) is 0 Å². The van der Waals surface area contributed by atoms with E-state index >= 15 is 0 Å². The van der Waals surface area contributed by atoms with E-state index in [4.69, 9.17) is 0 Å². The first kappa shape index (κ1) is 10.9. The summed E-state index contributed by atoms with van der Waals surface area (Å²) in [5, 5.41) is 6.41. The molecular formula is C11H21N3O. The SMILES string of the molecule is CC1CNCCN1C(C)C(=O)NC1CC1. The van der Waals surface area contributed by atoms with E-state index in [1.165, 1.54) is 0 Å². The van der Waals surface area contributed by atoms with Gasteiger partial charge in [-0.3, -0.25) is 9.69 Å². The molecule has 86 valence electrons. The number of nitrogens with one attached hydrogen (secondary N) is 2. The van der Waals surface area contributed by atoms with Crippen molar-refractivity contribution in [1.82, 2.24) is 15.5 Å². The van der Waals surface area contributed by atoms with Gasteiger partial charge in [0.05, 0.1) is 6.04 Å². The third-order valence-electron chi connectivity index (χ3n) is 3.35. The van der Waals surface area contributed by atoms with Crippen LogP contribution in [0.15, 0.2) is 0 Å². The predicted molar refractivity (Wildman–Crippen MR) is 59.7 cm³/mol. The number of amides is 1. The van der Waals surface area contributed by atoms with Crippen LogP contribution >= 0.6 is 0 Å². The molecule has 1 saturated carbocycles. The van der Waals surface area contributed by atoms with Crippen molar-refractivity contribution in [2.45, 2.75) is 44.8 Å². The van der Waals surface area contributed by atoms with E-state index in [0.717, 1.165) is 32.5 Å². The van der Waals surface area contributed by atoms with Gasteiger partial charge < -0.3 is 10.6 Å². The summed E-state index contributed by atoms with van der Waals surface area (Å²) in [6, 6.07) is 0.944. The number of hydrogen-bond acceptors (Lipinski definition) is 3. The van der Waals surface area contributed by atoms with Gasteiger partial charge >= 0.3 is 0 Å². The highest BCUT2D eigenvalue weighted by molar-refractivity contribution is 5.81. The average molecular weight is 211 g/mol. The fourth-order valence-electron chi connectivity index (χ4n) is 2.13. The fourth-order valence-corrected chi connectivity index (χ4v) is 2.13. The van der Waals surface area contributed by atoms with Crippen LogP contribution in [-0.4, -0.2) is 48.6 Å². The lowest BCUT2D eigenvalue weighted by atomic mass is 10.1. The van der Waals surface area contributed by atoms with Crippen LogP contribution in [0.1, 0.15) is 26.7 Å². The highest BCUT2D eigenvalue weighted by Crippen LogP contribution is 2.19. The summed E-state index contributed by atoms with van der Waals surface area (Å²) in [4.78, 5) is 14.2. The Hall–Kier alpha value is -0.610. The zero-order valence-corrected chi connectivity index (χ0v) is 9.62. The van der Waals surface area contributed by atoms with Gasteiger partial charge in [0.2, 0.25) is 5.91 Å². The molecule has 0 radical (unpaired) electrons. The number of carbonyl (C=O) groups excluding carboxylic acids is 1. The molecule has 1 amide bonds. The molecule has 2 fully saturated rings. The predicted octanol–water partition coefficient (Wildman–Crippen LogP) is -0.0528. The Balaban J connectivity index is 1.86. The molecule has 1 aliphatic heterocycles. The molecule has 0 aromatic rings. The zero-order valence-electron chi connectivity index (χ0n) is 9.62. The second-order valence-electron chi connectivity index (χ2n) is 4.75. The maximum atomic E-state index is 11.9. The van der Waals surface area contributed by atoms with E-state index < -0.39 is 0 Å². The molecule has 2 unspecified atom stereocenters. The summed E-state index contributed by atoms with van der Waals surface area (Å²) in [7, 11) is 0. The molecule has 0 aromatic carbocycles. The lowest BCUT2D eigenvalue weighted by molar-refractivity contribution is -0.127. The quantitative estimate of drug-likeness (QED) is 0.688. The smallest absolute Gasteiger partial charge is 0.237 e. The molecule has 15 heavy (non-hydrogen) atoms. The van der Waals surface area contributed by atoms with Crippen molar-refractivity contribution >= 4 is 5.91 Å². The molecule has 1 saturated heterocycles.